The molecule has 0 fully saturated rings. The first kappa shape index (κ1) is 27.0. The second-order valence-electron chi connectivity index (χ2n) is 5.68. The Kier molecular flexibility index (Phi) is 25.7. The van der Waals surface area contributed by atoms with Crippen molar-refractivity contribution in [2.24, 2.45) is 0 Å². The molecule has 0 aromatic carbocycles. The van der Waals surface area contributed by atoms with Gasteiger partial charge in [0.25, 0.3) is 0 Å². The average Bonchev–Trinajstić information content (AvgIpc) is 2.56. The predicted octanol–water partition coefficient (Wildman–Crippen LogP) is 2.44. The van der Waals surface area contributed by atoms with Crippen molar-refractivity contribution in [3.63, 3.8) is 0 Å². The van der Waals surface area contributed by atoms with Crippen LogP contribution in [0.25, 0.3) is 0 Å². The van der Waals surface area contributed by atoms with Gasteiger partial charge in [0.1, 0.15) is 0 Å². The van der Waals surface area contributed by atoms with Crippen molar-refractivity contribution < 1.29 is 61.3 Å². The third-order valence-corrected chi connectivity index (χ3v) is 3.41. The summed E-state index contributed by atoms with van der Waals surface area (Å²) in [6, 6.07) is 0. The molecule has 0 saturated carbocycles. The summed E-state index contributed by atoms with van der Waals surface area (Å²) in [7, 11) is 0. The van der Waals surface area contributed by atoms with E-state index >= 15 is 0 Å². The zero-order valence-corrected chi connectivity index (χ0v) is 19.3. The van der Waals surface area contributed by atoms with Gasteiger partial charge in [0.2, 0.25) is 0 Å². The van der Waals surface area contributed by atoms with Crippen LogP contribution in [0, 0.1) is 0 Å². The van der Waals surface area contributed by atoms with Crippen LogP contribution in [0.2, 0.25) is 0 Å². The minimum absolute atomic E-state index is 0. The largest absolute Gasteiger partial charge is 1.00 e. The number of rotatable bonds is 15. The van der Waals surface area contributed by atoms with Gasteiger partial charge in [-0.1, -0.05) is 74.1 Å². The topological polar surface area (TPSA) is 40.1 Å². The SMILES string of the molecule is CC/C=C\C/C=C\C/C=C\C/C=C\C/C=C\CCCCCC(=O)[O-].[K+]. The molecule has 0 N–H and O–H groups in total. The van der Waals surface area contributed by atoms with Crippen molar-refractivity contribution in [1.29, 1.82) is 0 Å². The Labute approximate surface area is 197 Å². The molecule has 0 amide bonds. The summed E-state index contributed by atoms with van der Waals surface area (Å²) in [5, 5.41) is 10.2. The van der Waals surface area contributed by atoms with Crippen molar-refractivity contribution in [2.45, 2.75) is 71.1 Å². The van der Waals surface area contributed by atoms with E-state index in [1.165, 1.54) is 0 Å². The van der Waals surface area contributed by atoms with Crippen LogP contribution >= 0.6 is 0 Å². The van der Waals surface area contributed by atoms with Gasteiger partial charge in [-0.15, -0.1) is 0 Å². The fourth-order valence-corrected chi connectivity index (χ4v) is 2.08. The van der Waals surface area contributed by atoms with Crippen LogP contribution in [-0.4, -0.2) is 5.97 Å². The molecular formula is C22H33KO2. The van der Waals surface area contributed by atoms with E-state index < -0.39 is 5.97 Å². The minimum Gasteiger partial charge on any atom is -0.550 e. The van der Waals surface area contributed by atoms with E-state index in [9.17, 15) is 9.90 Å². The Morgan fingerprint density at radius 3 is 1.56 bits per heavy atom. The molecule has 3 heteroatoms. The van der Waals surface area contributed by atoms with E-state index in [2.05, 4.69) is 67.7 Å². The third kappa shape index (κ3) is 26.1. The van der Waals surface area contributed by atoms with Gasteiger partial charge in [0.15, 0.2) is 0 Å². The molecule has 0 saturated heterocycles. The molecule has 0 radical (unpaired) electrons. The monoisotopic (exact) mass is 368 g/mol. The number of carboxylic acids is 1. The van der Waals surface area contributed by atoms with Crippen molar-refractivity contribution in [3.8, 4) is 0 Å². The quantitative estimate of drug-likeness (QED) is 0.253. The van der Waals surface area contributed by atoms with Gasteiger partial charge < -0.3 is 9.90 Å². The third-order valence-electron chi connectivity index (χ3n) is 3.41. The zero-order valence-electron chi connectivity index (χ0n) is 16.2. The number of carbonyl (C=O) groups is 1. The van der Waals surface area contributed by atoms with Gasteiger partial charge in [-0.05, 0) is 57.8 Å². The molecule has 0 atom stereocenters. The van der Waals surface area contributed by atoms with Crippen LogP contribution in [-0.2, 0) is 4.79 Å². The number of aliphatic carboxylic acids is 1. The van der Waals surface area contributed by atoms with Crippen LogP contribution < -0.4 is 56.5 Å². The van der Waals surface area contributed by atoms with Crippen molar-refractivity contribution in [3.05, 3.63) is 60.8 Å². The Morgan fingerprint density at radius 2 is 1.12 bits per heavy atom. The van der Waals surface area contributed by atoms with Crippen molar-refractivity contribution >= 4 is 5.97 Å². The van der Waals surface area contributed by atoms with E-state index in [4.69, 9.17) is 0 Å². The Morgan fingerprint density at radius 1 is 0.680 bits per heavy atom. The van der Waals surface area contributed by atoms with Gasteiger partial charge in [-0.2, -0.15) is 0 Å². The minimum atomic E-state index is -0.940. The Hall–Kier alpha value is -0.194. The molecule has 2 nitrogen and oxygen atoms in total. The van der Waals surface area contributed by atoms with E-state index in [-0.39, 0.29) is 57.8 Å². The van der Waals surface area contributed by atoms with E-state index in [0.29, 0.717) is 0 Å². The van der Waals surface area contributed by atoms with Gasteiger partial charge in [0, 0.05) is 5.97 Å². The molecule has 0 rings (SSSR count). The summed E-state index contributed by atoms with van der Waals surface area (Å²) in [6.07, 6.45) is 31.0. The van der Waals surface area contributed by atoms with Crippen LogP contribution in [0.5, 0.6) is 0 Å². The van der Waals surface area contributed by atoms with Gasteiger partial charge in [-0.25, -0.2) is 0 Å². The van der Waals surface area contributed by atoms with Gasteiger partial charge >= 0.3 is 51.4 Å². The molecule has 0 spiro atoms. The molecule has 25 heavy (non-hydrogen) atoms. The number of carboxylic acid groups (broad SMARTS) is 1. The maximum Gasteiger partial charge on any atom is 1.00 e. The zero-order chi connectivity index (χ0) is 17.7. The van der Waals surface area contributed by atoms with Crippen molar-refractivity contribution in [2.75, 3.05) is 0 Å². The number of carbonyl (C=O) groups excluding carboxylic acids is 1. The molecule has 0 aliphatic rings. The summed E-state index contributed by atoms with van der Waals surface area (Å²) in [4.78, 5) is 10.2. The van der Waals surface area contributed by atoms with Crippen LogP contribution in [0.15, 0.2) is 60.8 Å². The van der Waals surface area contributed by atoms with E-state index in [0.717, 1.165) is 57.8 Å². The molecule has 0 unspecified atom stereocenters. The second kappa shape index (κ2) is 23.8. The van der Waals surface area contributed by atoms with E-state index in [1.54, 1.807) is 0 Å². The Balaban J connectivity index is 0. The predicted molar refractivity (Wildman–Crippen MR) is 103 cm³/mol. The molecule has 0 aliphatic heterocycles. The number of hydrogen-bond donors (Lipinski definition) is 0. The van der Waals surface area contributed by atoms with Crippen LogP contribution in [0.3, 0.4) is 0 Å². The fraction of sp³-hybridized carbons (Fsp3) is 0.500. The normalized spacial score (nSPS) is 12.2. The van der Waals surface area contributed by atoms with Crippen molar-refractivity contribution in [1.82, 2.24) is 0 Å². The molecule has 0 aromatic rings. The first-order chi connectivity index (χ1) is 11.8. The maximum absolute atomic E-state index is 10.2. The molecule has 0 aromatic heterocycles. The summed E-state index contributed by atoms with van der Waals surface area (Å²) < 4.78 is 0. The molecule has 134 valence electrons. The summed E-state index contributed by atoms with van der Waals surface area (Å²) in [5.74, 6) is -0.940. The summed E-state index contributed by atoms with van der Waals surface area (Å²) in [5.41, 5.74) is 0. The summed E-state index contributed by atoms with van der Waals surface area (Å²) in [6.45, 7) is 2.15. The molecule has 0 bridgehead atoms. The number of unbranched alkanes of at least 4 members (excludes halogenated alkanes) is 3. The molecule has 0 aliphatic carbocycles. The first-order valence-electron chi connectivity index (χ1n) is 9.22. The Bertz CT molecular complexity index is 431. The van der Waals surface area contributed by atoms with Crippen LogP contribution in [0.1, 0.15) is 71.1 Å². The average molecular weight is 369 g/mol. The smallest absolute Gasteiger partial charge is 0.550 e. The number of allylic oxidation sites excluding steroid dienone is 10. The maximum atomic E-state index is 10.2. The first-order valence-corrected chi connectivity index (χ1v) is 9.22. The number of hydrogen-bond acceptors (Lipinski definition) is 2. The fourth-order valence-electron chi connectivity index (χ4n) is 2.08. The van der Waals surface area contributed by atoms with Gasteiger partial charge in [0.05, 0.1) is 0 Å². The van der Waals surface area contributed by atoms with Gasteiger partial charge in [-0.3, -0.25) is 0 Å². The van der Waals surface area contributed by atoms with Crippen LogP contribution in [0.4, 0.5) is 0 Å². The standard InChI is InChI=1S/C22H34O2.K/c1-2-3-4-5-6-7-8-9-10-11-12-13-14-15-16-17-18-19-20-21-22(23)24;/h3-4,6-7,9-10,12-13,15-16H,2,5,8,11,14,17-21H2,1H3,(H,23,24);/q;+1/p-1/b4-3-,7-6-,10-9-,13-12-,16-15-;. The molecule has 0 heterocycles. The molecular weight excluding hydrogens is 335 g/mol. The summed E-state index contributed by atoms with van der Waals surface area (Å²) >= 11 is 0. The van der Waals surface area contributed by atoms with E-state index in [1.807, 2.05) is 0 Å². The second-order valence-corrected chi connectivity index (χ2v) is 5.68.